The van der Waals surface area contributed by atoms with Gasteiger partial charge in [-0.3, -0.25) is 4.79 Å². The van der Waals surface area contributed by atoms with Gasteiger partial charge in [-0.1, -0.05) is 11.6 Å². The van der Waals surface area contributed by atoms with Crippen molar-refractivity contribution >= 4 is 17.5 Å². The molecule has 0 spiro atoms. The number of hydrogen-bond donors (Lipinski definition) is 1. The zero-order valence-electron chi connectivity index (χ0n) is 9.96. The van der Waals surface area contributed by atoms with Crippen LogP contribution >= 0.6 is 11.6 Å². The molecule has 0 unspecified atom stereocenters. The molecule has 17 heavy (non-hydrogen) atoms. The summed E-state index contributed by atoms with van der Waals surface area (Å²) in [6, 6.07) is 2.93. The van der Waals surface area contributed by atoms with Gasteiger partial charge in [0.05, 0.1) is 0 Å². The van der Waals surface area contributed by atoms with Gasteiger partial charge in [0.2, 0.25) is 5.91 Å². The maximum atomic E-state index is 13.4. The Morgan fingerprint density at radius 1 is 1.53 bits per heavy atom. The summed E-state index contributed by atoms with van der Waals surface area (Å²) < 4.78 is 13.4. The molecule has 0 aliphatic rings. The fourth-order valence-corrected chi connectivity index (χ4v) is 1.74. The van der Waals surface area contributed by atoms with Gasteiger partial charge in [-0.05, 0) is 30.2 Å². The van der Waals surface area contributed by atoms with Crippen LogP contribution in [0.15, 0.2) is 12.1 Å². The highest BCUT2D eigenvalue weighted by atomic mass is 35.5. The Morgan fingerprint density at radius 2 is 2.18 bits per heavy atom. The quantitative estimate of drug-likeness (QED) is 0.899. The van der Waals surface area contributed by atoms with Crippen molar-refractivity contribution in [1.29, 1.82) is 0 Å². The lowest BCUT2D eigenvalue weighted by Gasteiger charge is -2.18. The SMILES string of the molecule is Cc1cc(Cl)c(CN(C)C(=O)CCN)cc1F. The molecular formula is C12H16ClFN2O. The molecule has 1 aromatic carbocycles. The molecule has 0 heterocycles. The molecule has 1 aromatic rings. The number of nitrogens with two attached hydrogens (primary N) is 1. The molecule has 0 bridgehead atoms. The van der Waals surface area contributed by atoms with E-state index >= 15 is 0 Å². The van der Waals surface area contributed by atoms with Crippen LogP contribution in [0, 0.1) is 12.7 Å². The fourth-order valence-electron chi connectivity index (χ4n) is 1.47. The number of aryl methyl sites for hydroxylation is 1. The number of halogens is 2. The molecule has 0 aliphatic heterocycles. The molecule has 0 radical (unpaired) electrons. The van der Waals surface area contributed by atoms with Crippen LogP contribution in [0.1, 0.15) is 17.5 Å². The highest BCUT2D eigenvalue weighted by molar-refractivity contribution is 6.31. The lowest BCUT2D eigenvalue weighted by atomic mass is 10.1. The average molecular weight is 259 g/mol. The summed E-state index contributed by atoms with van der Waals surface area (Å²) in [6.07, 6.45) is 0.280. The Morgan fingerprint density at radius 3 is 2.76 bits per heavy atom. The Kier molecular flexibility index (Phi) is 4.90. The molecule has 3 nitrogen and oxygen atoms in total. The molecule has 94 valence electrons. The van der Waals surface area contributed by atoms with Gasteiger partial charge in [-0.25, -0.2) is 4.39 Å². The standard InChI is InChI=1S/C12H16ClFN2O/c1-8-5-10(13)9(6-11(8)14)7-16(2)12(17)3-4-15/h5-6H,3-4,7,15H2,1-2H3. The summed E-state index contributed by atoms with van der Waals surface area (Å²) >= 11 is 6.00. The molecule has 1 amide bonds. The Bertz CT molecular complexity index is 423. The molecule has 0 fully saturated rings. The van der Waals surface area contributed by atoms with Crippen LogP contribution in [0.25, 0.3) is 0 Å². The van der Waals surface area contributed by atoms with E-state index in [0.29, 0.717) is 22.7 Å². The van der Waals surface area contributed by atoms with Gasteiger partial charge in [0.1, 0.15) is 5.82 Å². The first kappa shape index (κ1) is 13.9. The van der Waals surface area contributed by atoms with E-state index in [-0.39, 0.29) is 24.7 Å². The summed E-state index contributed by atoms with van der Waals surface area (Å²) in [5, 5.41) is 0.469. The summed E-state index contributed by atoms with van der Waals surface area (Å²) in [7, 11) is 1.64. The van der Waals surface area contributed by atoms with Crippen LogP contribution in [-0.2, 0) is 11.3 Å². The minimum atomic E-state index is -0.316. The third kappa shape index (κ3) is 3.68. The fraction of sp³-hybridized carbons (Fsp3) is 0.417. The predicted molar refractivity (Wildman–Crippen MR) is 66.3 cm³/mol. The number of rotatable bonds is 4. The van der Waals surface area contributed by atoms with E-state index in [1.165, 1.54) is 11.0 Å². The van der Waals surface area contributed by atoms with Gasteiger partial charge in [0.25, 0.3) is 0 Å². The summed E-state index contributed by atoms with van der Waals surface area (Å²) in [5.41, 5.74) is 6.40. The van der Waals surface area contributed by atoms with Crippen LogP contribution in [0.4, 0.5) is 4.39 Å². The Labute approximate surface area is 105 Å². The van der Waals surface area contributed by atoms with Crippen molar-refractivity contribution in [1.82, 2.24) is 4.90 Å². The number of carbonyl (C=O) groups excluding carboxylic acids is 1. The van der Waals surface area contributed by atoms with Gasteiger partial charge in [0, 0.05) is 31.6 Å². The highest BCUT2D eigenvalue weighted by Crippen LogP contribution is 2.21. The first-order valence-corrected chi connectivity index (χ1v) is 5.72. The van der Waals surface area contributed by atoms with Crippen molar-refractivity contribution in [2.45, 2.75) is 19.9 Å². The molecular weight excluding hydrogens is 243 g/mol. The van der Waals surface area contributed by atoms with Gasteiger partial charge >= 0.3 is 0 Å². The third-order valence-electron chi connectivity index (χ3n) is 2.52. The lowest BCUT2D eigenvalue weighted by molar-refractivity contribution is -0.130. The third-order valence-corrected chi connectivity index (χ3v) is 2.87. The van der Waals surface area contributed by atoms with Crippen molar-refractivity contribution in [3.05, 3.63) is 34.1 Å². The summed E-state index contributed by atoms with van der Waals surface area (Å²) in [6.45, 7) is 2.24. The van der Waals surface area contributed by atoms with Crippen LogP contribution < -0.4 is 5.73 Å². The second-order valence-electron chi connectivity index (χ2n) is 3.98. The largest absolute Gasteiger partial charge is 0.341 e. The van der Waals surface area contributed by atoms with Crippen molar-refractivity contribution < 1.29 is 9.18 Å². The van der Waals surface area contributed by atoms with Crippen LogP contribution in [-0.4, -0.2) is 24.4 Å². The van der Waals surface area contributed by atoms with Gasteiger partial charge in [-0.2, -0.15) is 0 Å². The summed E-state index contributed by atoms with van der Waals surface area (Å²) in [4.78, 5) is 13.0. The van der Waals surface area contributed by atoms with Crippen molar-refractivity contribution in [3.63, 3.8) is 0 Å². The van der Waals surface area contributed by atoms with E-state index in [0.717, 1.165) is 0 Å². The average Bonchev–Trinajstić information content (AvgIpc) is 2.26. The first-order chi connectivity index (χ1) is 7.95. The molecule has 2 N–H and O–H groups in total. The minimum absolute atomic E-state index is 0.0791. The normalized spacial score (nSPS) is 10.4. The van der Waals surface area contributed by atoms with Crippen molar-refractivity contribution in [2.75, 3.05) is 13.6 Å². The first-order valence-electron chi connectivity index (χ1n) is 5.34. The predicted octanol–water partition coefficient (Wildman–Crippen LogP) is 2.09. The van der Waals surface area contributed by atoms with Crippen molar-refractivity contribution in [3.8, 4) is 0 Å². The second-order valence-corrected chi connectivity index (χ2v) is 4.39. The zero-order valence-corrected chi connectivity index (χ0v) is 10.7. The smallest absolute Gasteiger partial charge is 0.223 e. The Balaban J connectivity index is 2.81. The molecule has 5 heteroatoms. The topological polar surface area (TPSA) is 46.3 Å². The van der Waals surface area contributed by atoms with Gasteiger partial charge in [0.15, 0.2) is 0 Å². The number of amides is 1. The number of carbonyl (C=O) groups is 1. The van der Waals surface area contributed by atoms with Crippen LogP contribution in [0.2, 0.25) is 5.02 Å². The summed E-state index contributed by atoms with van der Waals surface area (Å²) in [5.74, 6) is -0.395. The highest BCUT2D eigenvalue weighted by Gasteiger charge is 2.12. The maximum Gasteiger partial charge on any atom is 0.223 e. The molecule has 0 atom stereocenters. The number of hydrogen-bond acceptors (Lipinski definition) is 2. The number of benzene rings is 1. The zero-order chi connectivity index (χ0) is 13.0. The molecule has 0 aromatic heterocycles. The van der Waals surface area contributed by atoms with E-state index in [9.17, 15) is 9.18 Å². The number of nitrogens with zero attached hydrogens (tertiary/aromatic N) is 1. The van der Waals surface area contributed by atoms with E-state index in [2.05, 4.69) is 0 Å². The molecule has 0 saturated heterocycles. The molecule has 0 aliphatic carbocycles. The minimum Gasteiger partial charge on any atom is -0.341 e. The maximum absolute atomic E-state index is 13.4. The van der Waals surface area contributed by atoms with Crippen molar-refractivity contribution in [2.24, 2.45) is 5.73 Å². The van der Waals surface area contributed by atoms with Crippen LogP contribution in [0.5, 0.6) is 0 Å². The van der Waals surface area contributed by atoms with E-state index in [1.807, 2.05) is 0 Å². The second kappa shape index (κ2) is 5.98. The lowest BCUT2D eigenvalue weighted by Crippen LogP contribution is -2.28. The molecule has 1 rings (SSSR count). The van der Waals surface area contributed by atoms with E-state index in [1.54, 1.807) is 20.0 Å². The van der Waals surface area contributed by atoms with Crippen LogP contribution in [0.3, 0.4) is 0 Å². The molecule has 0 saturated carbocycles. The van der Waals surface area contributed by atoms with E-state index in [4.69, 9.17) is 17.3 Å². The van der Waals surface area contributed by atoms with Gasteiger partial charge < -0.3 is 10.6 Å². The Hall–Kier alpha value is -1.13. The van der Waals surface area contributed by atoms with E-state index < -0.39 is 0 Å². The monoisotopic (exact) mass is 258 g/mol. The van der Waals surface area contributed by atoms with Gasteiger partial charge in [-0.15, -0.1) is 0 Å².